The number of anilines is 1. The molecular formula is C24H29ClF4N4O4. The third-order valence-electron chi connectivity index (χ3n) is 7.64. The molecule has 1 saturated carbocycles. The molecule has 4 rings (SSSR count). The van der Waals surface area contributed by atoms with Gasteiger partial charge >= 0.3 is 12.2 Å². The van der Waals surface area contributed by atoms with Crippen LogP contribution in [0, 0.1) is 5.41 Å². The number of carbonyl (C=O) groups excluding carboxylic acids is 3. The fourth-order valence-corrected chi connectivity index (χ4v) is 5.29. The highest BCUT2D eigenvalue weighted by atomic mass is 35.5. The average Bonchev–Trinajstić information content (AvgIpc) is 3.61. The van der Waals surface area contributed by atoms with E-state index < -0.39 is 52.9 Å². The normalized spacial score (nSPS) is 24.3. The lowest BCUT2D eigenvalue weighted by atomic mass is 9.90. The van der Waals surface area contributed by atoms with Crippen LogP contribution in [-0.4, -0.2) is 88.7 Å². The molecule has 2 heterocycles. The highest BCUT2D eigenvalue weighted by Crippen LogP contribution is 2.53. The van der Waals surface area contributed by atoms with Crippen molar-refractivity contribution in [3.63, 3.8) is 0 Å². The van der Waals surface area contributed by atoms with E-state index in [1.54, 1.807) is 0 Å². The number of benzene rings is 1. The van der Waals surface area contributed by atoms with Crippen molar-refractivity contribution in [3.05, 3.63) is 28.8 Å². The van der Waals surface area contributed by atoms with Gasteiger partial charge in [-0.25, -0.2) is 9.18 Å². The number of aliphatic hydroxyl groups is 1. The topological polar surface area (TPSA) is 93.2 Å². The van der Waals surface area contributed by atoms with E-state index in [2.05, 4.69) is 5.32 Å². The summed E-state index contributed by atoms with van der Waals surface area (Å²) in [5.74, 6) is -1.13. The summed E-state index contributed by atoms with van der Waals surface area (Å²) in [7, 11) is 0. The van der Waals surface area contributed by atoms with Crippen LogP contribution in [0.15, 0.2) is 18.2 Å². The van der Waals surface area contributed by atoms with Gasteiger partial charge in [0.25, 0.3) is 5.91 Å². The molecule has 0 radical (unpaired) electrons. The first-order chi connectivity index (χ1) is 17.3. The first-order valence-electron chi connectivity index (χ1n) is 12.2. The number of amides is 4. The van der Waals surface area contributed by atoms with Crippen LogP contribution in [-0.2, 0) is 15.8 Å². The quantitative estimate of drug-likeness (QED) is 0.551. The number of aliphatic hydroxyl groups excluding tert-OH is 1. The van der Waals surface area contributed by atoms with Gasteiger partial charge in [0.2, 0.25) is 5.91 Å². The Morgan fingerprint density at radius 2 is 1.92 bits per heavy atom. The van der Waals surface area contributed by atoms with Crippen LogP contribution in [0.4, 0.5) is 28.0 Å². The number of hydrogen-bond donors (Lipinski definition) is 2. The van der Waals surface area contributed by atoms with Gasteiger partial charge < -0.3 is 25.1 Å². The number of nitrogens with one attached hydrogen (secondary N) is 1. The first kappa shape index (κ1) is 27.4. The largest absolute Gasteiger partial charge is 0.417 e. The molecule has 2 saturated heterocycles. The Labute approximate surface area is 216 Å². The van der Waals surface area contributed by atoms with Crippen molar-refractivity contribution in [2.24, 2.45) is 5.41 Å². The number of rotatable bonds is 5. The fourth-order valence-electron chi connectivity index (χ4n) is 5.00. The summed E-state index contributed by atoms with van der Waals surface area (Å²) < 4.78 is 53.4. The maximum Gasteiger partial charge on any atom is 0.417 e. The highest BCUT2D eigenvalue weighted by Gasteiger charge is 2.52. The number of β-amino-alcohol motifs (C(OH)–C–C–N with tert-alkyl or cyclic N) is 1. The summed E-state index contributed by atoms with van der Waals surface area (Å²) >= 11 is 5.69. The molecule has 3 fully saturated rings. The van der Waals surface area contributed by atoms with E-state index in [1.807, 2.05) is 0 Å². The summed E-state index contributed by atoms with van der Waals surface area (Å²) in [5, 5.41) is 12.1. The SMILES string of the molecule is C[C@H]1C(=O)N(CC[C@@H](F)C(=O)N2CCC3(CC3)[C@H](O)C2)CCN1C(=O)Nc1ccc(C(F)(F)F)c(Cl)c1. The number of halogens is 5. The second kappa shape index (κ2) is 10.3. The zero-order valence-electron chi connectivity index (χ0n) is 20.2. The standard InChI is InChI=1S/C24H29ClF4N4O4/c1-14-20(35)31(8-4-18(26)21(36)32-9-7-23(5-6-23)19(34)13-32)10-11-33(14)22(37)30-15-2-3-16(17(25)12-15)24(27,28)29/h2-3,12,14,18-19,34H,4-11,13H2,1H3,(H,30,37)/t14-,18+,19+/m0/s1. The van der Waals surface area contributed by atoms with Crippen LogP contribution in [0.2, 0.25) is 5.02 Å². The van der Waals surface area contributed by atoms with Gasteiger partial charge in [-0.3, -0.25) is 9.59 Å². The summed E-state index contributed by atoms with van der Waals surface area (Å²) in [6, 6.07) is 1.22. The Bertz CT molecular complexity index is 1070. The van der Waals surface area contributed by atoms with Crippen molar-refractivity contribution in [2.45, 2.75) is 57.1 Å². The molecule has 0 aromatic heterocycles. The van der Waals surface area contributed by atoms with Crippen LogP contribution in [0.1, 0.15) is 38.2 Å². The molecule has 1 aliphatic carbocycles. The maximum atomic E-state index is 14.7. The van der Waals surface area contributed by atoms with Crippen molar-refractivity contribution >= 4 is 35.1 Å². The summed E-state index contributed by atoms with van der Waals surface area (Å²) in [6.07, 6.45) is -4.77. The lowest BCUT2D eigenvalue weighted by Crippen LogP contribution is -2.58. The molecule has 3 atom stereocenters. The third-order valence-corrected chi connectivity index (χ3v) is 7.95. The Hall–Kier alpha value is -2.60. The smallest absolute Gasteiger partial charge is 0.391 e. The zero-order valence-corrected chi connectivity index (χ0v) is 21.0. The lowest BCUT2D eigenvalue weighted by molar-refractivity contribution is -0.144. The summed E-state index contributed by atoms with van der Waals surface area (Å²) in [5.41, 5.74) is -1.09. The third kappa shape index (κ3) is 5.79. The molecule has 204 valence electrons. The molecule has 13 heteroatoms. The van der Waals surface area contributed by atoms with Gasteiger partial charge in [-0.05, 0) is 49.8 Å². The molecule has 37 heavy (non-hydrogen) atoms. The number of carbonyl (C=O) groups is 3. The molecule has 2 aliphatic heterocycles. The number of urea groups is 1. The molecule has 3 aliphatic rings. The second-order valence-electron chi connectivity index (χ2n) is 9.99. The summed E-state index contributed by atoms with van der Waals surface area (Å²) in [6.45, 7) is 2.22. The van der Waals surface area contributed by atoms with Crippen LogP contribution in [0.25, 0.3) is 0 Å². The van der Waals surface area contributed by atoms with Crippen LogP contribution in [0.3, 0.4) is 0 Å². The van der Waals surface area contributed by atoms with Crippen molar-refractivity contribution < 1.29 is 37.1 Å². The number of hydrogen-bond acceptors (Lipinski definition) is 4. The van der Waals surface area contributed by atoms with E-state index in [1.165, 1.54) is 21.6 Å². The Balaban J connectivity index is 1.27. The van der Waals surface area contributed by atoms with E-state index in [0.717, 1.165) is 31.0 Å². The number of nitrogens with zero attached hydrogens (tertiary/aromatic N) is 3. The predicted octanol–water partition coefficient (Wildman–Crippen LogP) is 3.53. The van der Waals surface area contributed by atoms with Gasteiger partial charge in [-0.1, -0.05) is 11.6 Å². The van der Waals surface area contributed by atoms with Gasteiger partial charge in [0, 0.05) is 44.8 Å². The van der Waals surface area contributed by atoms with E-state index >= 15 is 0 Å². The number of piperidine rings is 1. The van der Waals surface area contributed by atoms with Gasteiger partial charge in [-0.15, -0.1) is 0 Å². The van der Waals surface area contributed by atoms with Gasteiger partial charge in [-0.2, -0.15) is 13.2 Å². The monoisotopic (exact) mass is 548 g/mol. The number of likely N-dealkylation sites (tertiary alicyclic amines) is 1. The first-order valence-corrected chi connectivity index (χ1v) is 12.5. The fraction of sp³-hybridized carbons (Fsp3) is 0.625. The number of alkyl halides is 4. The van der Waals surface area contributed by atoms with Crippen molar-refractivity contribution in [1.82, 2.24) is 14.7 Å². The Morgan fingerprint density at radius 1 is 1.22 bits per heavy atom. The van der Waals surface area contributed by atoms with Crippen LogP contribution < -0.4 is 5.32 Å². The molecule has 1 aromatic carbocycles. The summed E-state index contributed by atoms with van der Waals surface area (Å²) in [4.78, 5) is 42.0. The molecule has 0 unspecified atom stereocenters. The van der Waals surface area contributed by atoms with Crippen LogP contribution in [0.5, 0.6) is 0 Å². The molecule has 2 N–H and O–H groups in total. The van der Waals surface area contributed by atoms with E-state index in [-0.39, 0.29) is 43.7 Å². The van der Waals surface area contributed by atoms with E-state index in [9.17, 15) is 37.1 Å². The van der Waals surface area contributed by atoms with Crippen molar-refractivity contribution in [3.8, 4) is 0 Å². The van der Waals surface area contributed by atoms with E-state index in [4.69, 9.17) is 11.6 Å². The predicted molar refractivity (Wildman–Crippen MR) is 127 cm³/mol. The minimum Gasteiger partial charge on any atom is -0.391 e. The Kier molecular flexibility index (Phi) is 7.62. The second-order valence-corrected chi connectivity index (χ2v) is 10.4. The van der Waals surface area contributed by atoms with Gasteiger partial charge in [0.15, 0.2) is 6.17 Å². The zero-order chi connectivity index (χ0) is 27.1. The van der Waals surface area contributed by atoms with Crippen LogP contribution >= 0.6 is 11.6 Å². The number of piperazine rings is 1. The van der Waals surface area contributed by atoms with Gasteiger partial charge in [0.1, 0.15) is 6.04 Å². The molecule has 4 amide bonds. The molecule has 1 aromatic rings. The minimum absolute atomic E-state index is 0.0135. The average molecular weight is 549 g/mol. The van der Waals surface area contributed by atoms with Gasteiger partial charge in [0.05, 0.1) is 16.7 Å². The molecule has 1 spiro atoms. The van der Waals surface area contributed by atoms with Crippen molar-refractivity contribution in [1.29, 1.82) is 0 Å². The molecule has 0 bridgehead atoms. The maximum absolute atomic E-state index is 14.7. The van der Waals surface area contributed by atoms with Crippen molar-refractivity contribution in [2.75, 3.05) is 38.0 Å². The Morgan fingerprint density at radius 3 is 2.51 bits per heavy atom. The minimum atomic E-state index is -4.63. The highest BCUT2D eigenvalue weighted by molar-refractivity contribution is 6.31. The van der Waals surface area contributed by atoms with E-state index in [0.29, 0.717) is 13.0 Å². The molecule has 8 nitrogen and oxygen atoms in total. The molecular weight excluding hydrogens is 520 g/mol. The lowest BCUT2D eigenvalue weighted by Gasteiger charge is -2.39.